The van der Waals surface area contributed by atoms with Crippen molar-refractivity contribution in [3.63, 3.8) is 0 Å². The summed E-state index contributed by atoms with van der Waals surface area (Å²) in [6.07, 6.45) is 0. The van der Waals surface area contributed by atoms with Crippen molar-refractivity contribution in [1.29, 1.82) is 0 Å². The molecular formula is C22H39IN6O. The van der Waals surface area contributed by atoms with E-state index in [4.69, 9.17) is 0 Å². The fourth-order valence-electron chi connectivity index (χ4n) is 3.83. The number of nitrogens with one attached hydrogen (secondary N) is 2. The van der Waals surface area contributed by atoms with Crippen LogP contribution in [0.1, 0.15) is 32.4 Å². The van der Waals surface area contributed by atoms with Gasteiger partial charge in [0.2, 0.25) is 5.91 Å². The number of carbonyl (C=O) groups excluding carboxylic acids is 1. The van der Waals surface area contributed by atoms with E-state index in [9.17, 15) is 4.79 Å². The zero-order valence-corrected chi connectivity index (χ0v) is 21.3. The Hall–Kier alpha value is -1.39. The van der Waals surface area contributed by atoms with Gasteiger partial charge in [-0.2, -0.15) is 0 Å². The van der Waals surface area contributed by atoms with Crippen molar-refractivity contribution in [2.75, 3.05) is 66.0 Å². The van der Waals surface area contributed by atoms with Crippen molar-refractivity contribution in [2.24, 2.45) is 4.99 Å². The van der Waals surface area contributed by atoms with E-state index >= 15 is 0 Å². The number of carbonyl (C=O) groups is 1. The van der Waals surface area contributed by atoms with Crippen molar-refractivity contribution < 1.29 is 4.79 Å². The summed E-state index contributed by atoms with van der Waals surface area (Å²) in [5.74, 6) is 1.01. The van der Waals surface area contributed by atoms with Gasteiger partial charge < -0.3 is 15.5 Å². The third-order valence-corrected chi connectivity index (χ3v) is 5.66. The maximum atomic E-state index is 11.4. The number of likely N-dealkylation sites (N-methyl/N-ethyl adjacent to an activating group) is 1. The van der Waals surface area contributed by atoms with Gasteiger partial charge in [0, 0.05) is 59.8 Å². The minimum Gasteiger partial charge on any atom is -0.355 e. The van der Waals surface area contributed by atoms with E-state index in [1.54, 1.807) is 6.92 Å². The van der Waals surface area contributed by atoms with Crippen LogP contribution in [0.25, 0.3) is 0 Å². The molecule has 1 aliphatic rings. The summed E-state index contributed by atoms with van der Waals surface area (Å²) >= 11 is 0. The first-order chi connectivity index (χ1) is 14.1. The molecule has 1 aromatic carbocycles. The summed E-state index contributed by atoms with van der Waals surface area (Å²) in [5.41, 5.74) is 1.32. The molecule has 1 saturated heterocycles. The zero-order chi connectivity index (χ0) is 21.1. The molecule has 1 aromatic rings. The van der Waals surface area contributed by atoms with E-state index in [-0.39, 0.29) is 29.9 Å². The molecule has 0 bridgehead atoms. The molecule has 1 fully saturated rings. The van der Waals surface area contributed by atoms with Crippen LogP contribution >= 0.6 is 24.0 Å². The Kier molecular flexibility index (Phi) is 13.0. The van der Waals surface area contributed by atoms with E-state index in [0.29, 0.717) is 6.04 Å². The Morgan fingerprint density at radius 2 is 1.73 bits per heavy atom. The smallest absolute Gasteiger partial charge is 0.219 e. The minimum atomic E-state index is 0. The van der Waals surface area contributed by atoms with Crippen molar-refractivity contribution in [2.45, 2.75) is 26.8 Å². The summed E-state index contributed by atoms with van der Waals surface area (Å²) in [7, 11) is 1.82. The van der Waals surface area contributed by atoms with Crippen LogP contribution < -0.4 is 10.6 Å². The van der Waals surface area contributed by atoms with Crippen LogP contribution in [-0.4, -0.2) is 92.5 Å². The van der Waals surface area contributed by atoms with Gasteiger partial charge in [-0.05, 0) is 18.7 Å². The molecule has 2 N–H and O–H groups in total. The SMILES string of the molecule is CCN(CC)C(CNC(=NC)NCCN1CCN(C(C)=O)CC1)c1ccccc1.I. The van der Waals surface area contributed by atoms with E-state index < -0.39 is 0 Å². The highest BCUT2D eigenvalue weighted by Crippen LogP contribution is 2.19. The second-order valence-corrected chi connectivity index (χ2v) is 7.38. The first kappa shape index (κ1) is 26.6. The third kappa shape index (κ3) is 8.39. The number of halogens is 1. The summed E-state index contributed by atoms with van der Waals surface area (Å²) in [6, 6.07) is 11.0. The largest absolute Gasteiger partial charge is 0.355 e. The van der Waals surface area contributed by atoms with Crippen molar-refractivity contribution in [3.8, 4) is 0 Å². The average molecular weight is 530 g/mol. The number of guanidine groups is 1. The molecule has 8 heteroatoms. The zero-order valence-electron chi connectivity index (χ0n) is 18.9. The Labute approximate surface area is 199 Å². The van der Waals surface area contributed by atoms with Gasteiger partial charge in [-0.15, -0.1) is 24.0 Å². The molecule has 2 rings (SSSR count). The Bertz CT molecular complexity index is 630. The number of aliphatic imine (C=N–C) groups is 1. The number of rotatable bonds is 9. The van der Waals surface area contributed by atoms with Crippen LogP contribution in [0.5, 0.6) is 0 Å². The highest BCUT2D eigenvalue weighted by atomic mass is 127. The first-order valence-electron chi connectivity index (χ1n) is 10.8. The molecule has 30 heavy (non-hydrogen) atoms. The van der Waals surface area contributed by atoms with Gasteiger partial charge in [-0.25, -0.2) is 0 Å². The summed E-state index contributed by atoms with van der Waals surface area (Å²) in [5, 5.41) is 6.93. The Balaban J connectivity index is 0.00000450. The Morgan fingerprint density at radius 3 is 2.27 bits per heavy atom. The molecule has 0 radical (unpaired) electrons. The van der Waals surface area contributed by atoms with Crippen LogP contribution in [0, 0.1) is 0 Å². The molecule has 0 spiro atoms. The van der Waals surface area contributed by atoms with Gasteiger partial charge in [0.1, 0.15) is 0 Å². The van der Waals surface area contributed by atoms with Crippen LogP contribution in [0.2, 0.25) is 0 Å². The number of amides is 1. The van der Waals surface area contributed by atoms with Crippen LogP contribution in [0.15, 0.2) is 35.3 Å². The molecule has 1 amide bonds. The molecule has 0 aromatic heterocycles. The van der Waals surface area contributed by atoms with E-state index in [1.807, 2.05) is 11.9 Å². The summed E-state index contributed by atoms with van der Waals surface area (Å²) < 4.78 is 0. The molecule has 1 atom stereocenters. The second-order valence-electron chi connectivity index (χ2n) is 7.38. The van der Waals surface area contributed by atoms with Gasteiger partial charge in [0.05, 0.1) is 6.04 Å². The molecule has 7 nitrogen and oxygen atoms in total. The van der Waals surface area contributed by atoms with E-state index in [0.717, 1.165) is 64.9 Å². The lowest BCUT2D eigenvalue weighted by molar-refractivity contribution is -0.130. The minimum absolute atomic E-state index is 0. The first-order valence-corrected chi connectivity index (χ1v) is 10.8. The number of nitrogens with zero attached hydrogens (tertiary/aromatic N) is 4. The monoisotopic (exact) mass is 530 g/mol. The average Bonchev–Trinajstić information content (AvgIpc) is 2.76. The predicted molar refractivity (Wildman–Crippen MR) is 136 cm³/mol. The van der Waals surface area contributed by atoms with Crippen molar-refractivity contribution in [3.05, 3.63) is 35.9 Å². The lowest BCUT2D eigenvalue weighted by Crippen LogP contribution is -2.50. The van der Waals surface area contributed by atoms with Crippen LogP contribution in [0.4, 0.5) is 0 Å². The number of hydrogen-bond donors (Lipinski definition) is 2. The topological polar surface area (TPSA) is 63.2 Å². The lowest BCUT2D eigenvalue weighted by Gasteiger charge is -2.34. The lowest BCUT2D eigenvalue weighted by atomic mass is 10.1. The Morgan fingerprint density at radius 1 is 1.10 bits per heavy atom. The number of piperazine rings is 1. The molecular weight excluding hydrogens is 491 g/mol. The standard InChI is InChI=1S/C22H38N6O.HI/c1-5-27(6-2)21(20-10-8-7-9-11-20)18-25-22(23-4)24-12-13-26-14-16-28(17-15-26)19(3)29;/h7-11,21H,5-6,12-18H2,1-4H3,(H2,23,24,25);1H. The fourth-order valence-corrected chi connectivity index (χ4v) is 3.83. The van der Waals surface area contributed by atoms with Crippen LogP contribution in [0.3, 0.4) is 0 Å². The highest BCUT2D eigenvalue weighted by molar-refractivity contribution is 14.0. The van der Waals surface area contributed by atoms with E-state index in [1.165, 1.54) is 5.56 Å². The van der Waals surface area contributed by atoms with Gasteiger partial charge in [0.15, 0.2) is 5.96 Å². The van der Waals surface area contributed by atoms with E-state index in [2.05, 4.69) is 69.6 Å². The normalized spacial score (nSPS) is 16.2. The van der Waals surface area contributed by atoms with Gasteiger partial charge in [-0.3, -0.25) is 19.6 Å². The van der Waals surface area contributed by atoms with Gasteiger partial charge in [-0.1, -0.05) is 44.2 Å². The molecule has 170 valence electrons. The molecule has 0 saturated carbocycles. The van der Waals surface area contributed by atoms with Crippen molar-refractivity contribution >= 4 is 35.8 Å². The predicted octanol–water partition coefficient (Wildman–Crippen LogP) is 2.02. The highest BCUT2D eigenvalue weighted by Gasteiger charge is 2.19. The van der Waals surface area contributed by atoms with Crippen LogP contribution in [-0.2, 0) is 4.79 Å². The molecule has 1 unspecified atom stereocenters. The third-order valence-electron chi connectivity index (χ3n) is 5.66. The number of benzene rings is 1. The number of hydrogen-bond acceptors (Lipinski definition) is 4. The fraction of sp³-hybridized carbons (Fsp3) is 0.636. The molecule has 0 aliphatic carbocycles. The maximum absolute atomic E-state index is 11.4. The summed E-state index contributed by atoms with van der Waals surface area (Å²) in [4.78, 5) is 22.6. The summed E-state index contributed by atoms with van der Waals surface area (Å²) in [6.45, 7) is 14.2. The van der Waals surface area contributed by atoms with Crippen molar-refractivity contribution in [1.82, 2.24) is 25.3 Å². The quantitative estimate of drug-likeness (QED) is 0.291. The van der Waals surface area contributed by atoms with Gasteiger partial charge >= 0.3 is 0 Å². The second kappa shape index (κ2) is 14.6. The molecule has 1 heterocycles. The maximum Gasteiger partial charge on any atom is 0.219 e. The van der Waals surface area contributed by atoms with Gasteiger partial charge in [0.25, 0.3) is 0 Å². The molecule has 1 aliphatic heterocycles.